The lowest BCUT2D eigenvalue weighted by Crippen LogP contribution is -2.03. The Kier molecular flexibility index (Phi) is 5.84. The second-order valence-electron chi connectivity index (χ2n) is 6.82. The molecule has 6 heteroatoms. The van der Waals surface area contributed by atoms with Crippen molar-refractivity contribution in [3.05, 3.63) is 71.3 Å². The first-order valence-electron chi connectivity index (χ1n) is 9.59. The lowest BCUT2D eigenvalue weighted by atomic mass is 10.2. The third-order valence-corrected chi connectivity index (χ3v) is 4.87. The summed E-state index contributed by atoms with van der Waals surface area (Å²) in [5.74, 6) is 3.90. The standard InChI is InChI=1S/C24H24O6/c1-25-22-10-16-4-7-19(22)28-14-17-5-8-21(23(11-17)26-2)30-15-18-6-9-20(29-13-16)24(12-18)27-3/h4-12H,13-15H2,1-3H3. The molecule has 6 heterocycles. The number of benzene rings is 3. The molecule has 0 fully saturated rings. The van der Waals surface area contributed by atoms with E-state index >= 15 is 0 Å². The van der Waals surface area contributed by atoms with Crippen LogP contribution in [0.5, 0.6) is 34.5 Å². The maximum atomic E-state index is 5.98. The summed E-state index contributed by atoms with van der Waals surface area (Å²) in [4.78, 5) is 0. The van der Waals surface area contributed by atoms with E-state index in [0.717, 1.165) is 16.7 Å². The summed E-state index contributed by atoms with van der Waals surface area (Å²) in [6.45, 7) is 1.13. The molecule has 0 amide bonds. The molecule has 0 N–H and O–H groups in total. The van der Waals surface area contributed by atoms with Gasteiger partial charge >= 0.3 is 0 Å². The Morgan fingerprint density at radius 1 is 0.500 bits per heavy atom. The van der Waals surface area contributed by atoms with Crippen LogP contribution in [0.1, 0.15) is 16.7 Å². The van der Waals surface area contributed by atoms with Gasteiger partial charge in [-0.05, 0) is 53.1 Å². The van der Waals surface area contributed by atoms with Gasteiger partial charge in [-0.25, -0.2) is 0 Å². The van der Waals surface area contributed by atoms with Gasteiger partial charge in [-0.3, -0.25) is 0 Å². The van der Waals surface area contributed by atoms with Crippen molar-refractivity contribution < 1.29 is 28.4 Å². The van der Waals surface area contributed by atoms with Gasteiger partial charge in [0.25, 0.3) is 0 Å². The van der Waals surface area contributed by atoms with E-state index in [2.05, 4.69) is 0 Å². The van der Waals surface area contributed by atoms with Gasteiger partial charge in [0.15, 0.2) is 34.5 Å². The van der Waals surface area contributed by atoms with Crippen molar-refractivity contribution >= 4 is 0 Å². The fourth-order valence-corrected chi connectivity index (χ4v) is 3.25. The molecule has 6 aliphatic rings. The van der Waals surface area contributed by atoms with E-state index in [4.69, 9.17) is 28.4 Å². The van der Waals surface area contributed by atoms with Crippen LogP contribution in [0.3, 0.4) is 0 Å². The molecule has 0 atom stereocenters. The number of ether oxygens (including phenoxy) is 6. The van der Waals surface area contributed by atoms with Crippen LogP contribution in [0.15, 0.2) is 54.6 Å². The molecule has 3 aromatic rings. The highest BCUT2D eigenvalue weighted by Crippen LogP contribution is 2.34. The highest BCUT2D eigenvalue weighted by Gasteiger charge is 2.13. The minimum Gasteiger partial charge on any atom is -0.493 e. The van der Waals surface area contributed by atoms with E-state index in [9.17, 15) is 0 Å². The van der Waals surface area contributed by atoms with Gasteiger partial charge in [0.1, 0.15) is 19.8 Å². The van der Waals surface area contributed by atoms with Gasteiger partial charge in [0, 0.05) is 0 Å². The van der Waals surface area contributed by atoms with Crippen LogP contribution in [0.25, 0.3) is 0 Å². The summed E-state index contributed by atoms with van der Waals surface area (Å²) in [5, 5.41) is 0. The average Bonchev–Trinajstić information content (AvgIpc) is 2.80. The van der Waals surface area contributed by atoms with Crippen molar-refractivity contribution in [1.29, 1.82) is 0 Å². The van der Waals surface area contributed by atoms with Gasteiger partial charge in [-0.1, -0.05) is 18.2 Å². The zero-order valence-corrected chi connectivity index (χ0v) is 17.3. The van der Waals surface area contributed by atoms with Crippen LogP contribution in [0, 0.1) is 0 Å². The van der Waals surface area contributed by atoms with Gasteiger partial charge in [-0.2, -0.15) is 0 Å². The quantitative estimate of drug-likeness (QED) is 0.623. The van der Waals surface area contributed by atoms with Gasteiger partial charge < -0.3 is 28.4 Å². The molecule has 6 bridgehead atoms. The molecule has 30 heavy (non-hydrogen) atoms. The van der Waals surface area contributed by atoms with Crippen molar-refractivity contribution in [1.82, 2.24) is 0 Å². The minimum absolute atomic E-state index is 0.376. The molecule has 6 aliphatic heterocycles. The number of methoxy groups -OCH3 is 3. The molecule has 156 valence electrons. The molecular formula is C24H24O6. The van der Waals surface area contributed by atoms with Gasteiger partial charge in [-0.15, -0.1) is 0 Å². The second kappa shape index (κ2) is 8.86. The van der Waals surface area contributed by atoms with Crippen molar-refractivity contribution in [2.75, 3.05) is 21.3 Å². The normalized spacial score (nSPS) is 12.9. The highest BCUT2D eigenvalue weighted by atomic mass is 16.5. The molecular weight excluding hydrogens is 384 g/mol. The molecule has 0 aromatic heterocycles. The molecule has 0 spiro atoms. The maximum absolute atomic E-state index is 5.98. The Balaban J connectivity index is 1.74. The number of hydrogen-bond acceptors (Lipinski definition) is 6. The van der Waals surface area contributed by atoms with Crippen LogP contribution in [-0.2, 0) is 19.8 Å². The predicted molar refractivity (Wildman–Crippen MR) is 112 cm³/mol. The molecule has 0 aliphatic carbocycles. The van der Waals surface area contributed by atoms with Crippen molar-refractivity contribution in [3.8, 4) is 34.5 Å². The van der Waals surface area contributed by atoms with E-state index in [0.29, 0.717) is 54.3 Å². The van der Waals surface area contributed by atoms with Crippen molar-refractivity contribution in [2.24, 2.45) is 0 Å². The fourth-order valence-electron chi connectivity index (χ4n) is 3.25. The first-order chi connectivity index (χ1) is 14.7. The average molecular weight is 408 g/mol. The third-order valence-electron chi connectivity index (χ3n) is 4.87. The molecule has 3 aromatic carbocycles. The summed E-state index contributed by atoms with van der Waals surface area (Å²) < 4.78 is 34.5. The summed E-state index contributed by atoms with van der Waals surface area (Å²) in [5.41, 5.74) is 2.88. The van der Waals surface area contributed by atoms with Crippen molar-refractivity contribution in [2.45, 2.75) is 19.8 Å². The SMILES string of the molecule is COc1cc2ccc1OCc1ccc(c(OC)c1)OCc1ccc(c(OC)c1)OC2. The summed E-state index contributed by atoms with van der Waals surface area (Å²) in [7, 11) is 4.86. The molecule has 0 unspecified atom stereocenters. The smallest absolute Gasteiger partial charge is 0.161 e. The van der Waals surface area contributed by atoms with Crippen LogP contribution >= 0.6 is 0 Å². The first kappa shape index (κ1) is 19.8. The molecule has 0 saturated carbocycles. The van der Waals surface area contributed by atoms with E-state index < -0.39 is 0 Å². The second-order valence-corrected chi connectivity index (χ2v) is 6.82. The molecule has 0 saturated heterocycles. The summed E-state index contributed by atoms with van der Waals surface area (Å²) in [6.07, 6.45) is 0. The minimum atomic E-state index is 0.376. The summed E-state index contributed by atoms with van der Waals surface area (Å²) >= 11 is 0. The highest BCUT2D eigenvalue weighted by molar-refractivity contribution is 5.47. The number of rotatable bonds is 3. The fraction of sp³-hybridized carbons (Fsp3) is 0.250. The lowest BCUT2D eigenvalue weighted by Gasteiger charge is -2.17. The molecule has 0 radical (unpaired) electrons. The lowest BCUT2D eigenvalue weighted by molar-refractivity contribution is 0.269. The van der Waals surface area contributed by atoms with Crippen molar-refractivity contribution in [3.63, 3.8) is 0 Å². The first-order valence-corrected chi connectivity index (χ1v) is 9.59. The Morgan fingerprint density at radius 3 is 1.07 bits per heavy atom. The zero-order valence-electron chi connectivity index (χ0n) is 17.3. The monoisotopic (exact) mass is 408 g/mol. The number of hydrogen-bond donors (Lipinski definition) is 0. The topological polar surface area (TPSA) is 55.4 Å². The Labute approximate surface area is 175 Å². The van der Waals surface area contributed by atoms with E-state index in [1.54, 1.807) is 21.3 Å². The zero-order chi connectivity index (χ0) is 20.9. The van der Waals surface area contributed by atoms with E-state index in [1.807, 2.05) is 54.6 Å². The Hall–Kier alpha value is -3.54. The largest absolute Gasteiger partial charge is 0.493 e. The van der Waals surface area contributed by atoms with Crippen LogP contribution in [0.4, 0.5) is 0 Å². The summed E-state index contributed by atoms with van der Waals surface area (Å²) in [6, 6.07) is 17.3. The molecule has 6 nitrogen and oxygen atoms in total. The van der Waals surface area contributed by atoms with E-state index in [-0.39, 0.29) is 0 Å². The van der Waals surface area contributed by atoms with Gasteiger partial charge in [0.05, 0.1) is 21.3 Å². The Bertz CT molecular complexity index is 898. The maximum Gasteiger partial charge on any atom is 0.161 e. The predicted octanol–water partition coefficient (Wildman–Crippen LogP) is 4.76. The van der Waals surface area contributed by atoms with Crippen LogP contribution in [0.2, 0.25) is 0 Å². The molecule has 9 rings (SSSR count). The third kappa shape index (κ3) is 4.22. The van der Waals surface area contributed by atoms with E-state index in [1.165, 1.54) is 0 Å². The van der Waals surface area contributed by atoms with Crippen LogP contribution < -0.4 is 28.4 Å². The Morgan fingerprint density at radius 2 is 0.800 bits per heavy atom. The van der Waals surface area contributed by atoms with Crippen LogP contribution in [-0.4, -0.2) is 21.3 Å². The van der Waals surface area contributed by atoms with Gasteiger partial charge in [0.2, 0.25) is 0 Å².